The molecule has 1 aromatic rings. The van der Waals surface area contributed by atoms with Gasteiger partial charge in [0.25, 0.3) is 0 Å². The molecule has 48 heavy (non-hydrogen) atoms. The Kier molecular flexibility index (Phi) is 9.58. The molecule has 262 valence electrons. The number of rotatable bonds is 13. The third-order valence-electron chi connectivity index (χ3n) is 14.9. The maximum atomic E-state index is 13.6. The zero-order valence-corrected chi connectivity index (χ0v) is 29.7. The summed E-state index contributed by atoms with van der Waals surface area (Å²) in [5, 5.41) is 0. The molecule has 14 unspecified atom stereocenters. The average molecular weight is 659 g/mol. The first-order valence-electron chi connectivity index (χ1n) is 19.4. The van der Waals surface area contributed by atoms with Crippen LogP contribution in [0.2, 0.25) is 0 Å². The van der Waals surface area contributed by atoms with Gasteiger partial charge in [-0.05, 0) is 160 Å². The van der Waals surface area contributed by atoms with Crippen molar-refractivity contribution in [3.8, 4) is 0 Å². The van der Waals surface area contributed by atoms with E-state index in [-0.39, 0.29) is 17.9 Å². The fraction of sp³-hybridized carbons (Fsp3) is 0.738. The zero-order chi connectivity index (χ0) is 33.7. The van der Waals surface area contributed by atoms with Crippen LogP contribution < -0.4 is 0 Å². The van der Waals surface area contributed by atoms with Crippen LogP contribution in [-0.2, 0) is 19.0 Å². The Hall–Kier alpha value is -2.63. The van der Waals surface area contributed by atoms with Crippen molar-refractivity contribution in [3.63, 3.8) is 0 Å². The van der Waals surface area contributed by atoms with Crippen LogP contribution in [0.1, 0.15) is 119 Å². The van der Waals surface area contributed by atoms with E-state index in [1.54, 1.807) is 24.3 Å². The summed E-state index contributed by atoms with van der Waals surface area (Å²) in [7, 11) is 0. The molecule has 6 aliphatic rings. The summed E-state index contributed by atoms with van der Waals surface area (Å²) in [4.78, 5) is 38.5. The first-order chi connectivity index (χ1) is 23.1. The van der Waals surface area contributed by atoms with Crippen molar-refractivity contribution in [3.05, 3.63) is 48.0 Å². The molecule has 6 fully saturated rings. The Morgan fingerprint density at radius 1 is 0.812 bits per heavy atom. The molecule has 7 rings (SSSR count). The summed E-state index contributed by atoms with van der Waals surface area (Å²) < 4.78 is 17.7. The van der Waals surface area contributed by atoms with Gasteiger partial charge in [-0.15, -0.1) is 0 Å². The third-order valence-corrected chi connectivity index (χ3v) is 14.9. The maximum absolute atomic E-state index is 13.6. The molecule has 1 aromatic carbocycles. The monoisotopic (exact) mass is 658 g/mol. The van der Waals surface area contributed by atoms with Crippen LogP contribution in [0.15, 0.2) is 36.9 Å². The zero-order valence-electron chi connectivity index (χ0n) is 29.7. The number of benzene rings is 1. The van der Waals surface area contributed by atoms with Crippen molar-refractivity contribution in [2.24, 2.45) is 76.9 Å². The van der Waals surface area contributed by atoms with Crippen molar-refractivity contribution in [2.45, 2.75) is 104 Å². The predicted octanol–water partition coefficient (Wildman–Crippen LogP) is 8.93. The highest BCUT2D eigenvalue weighted by Crippen LogP contribution is 2.65. The molecule has 14 atom stereocenters. The quantitative estimate of drug-likeness (QED) is 0.120. The van der Waals surface area contributed by atoms with Gasteiger partial charge in [0.2, 0.25) is 0 Å². The molecule has 6 aliphatic carbocycles. The van der Waals surface area contributed by atoms with Crippen LogP contribution in [0.4, 0.5) is 0 Å². The topological polar surface area (TPSA) is 78.9 Å². The van der Waals surface area contributed by atoms with E-state index in [4.69, 9.17) is 14.2 Å². The lowest BCUT2D eigenvalue weighted by Crippen LogP contribution is -2.44. The van der Waals surface area contributed by atoms with E-state index < -0.39 is 5.60 Å². The molecule has 6 nitrogen and oxygen atoms in total. The lowest BCUT2D eigenvalue weighted by atomic mass is 9.68. The average Bonchev–Trinajstić information content (AvgIpc) is 3.94. The SMILES string of the molecule is C=CC(=O)OCC1CC2C3CC(C2C1)C(C(C)(CC)OC(=O)c1cccc(C(=O)OCC2CC4C5CC(CC(C)CC)C(C5)C4C2)c1)C3. The van der Waals surface area contributed by atoms with E-state index >= 15 is 0 Å². The molecule has 0 heterocycles. The van der Waals surface area contributed by atoms with Crippen LogP contribution in [0.3, 0.4) is 0 Å². The molecule has 0 aromatic heterocycles. The fourth-order valence-electron chi connectivity index (χ4n) is 12.4. The molecule has 0 N–H and O–H groups in total. The number of carbonyl (C=O) groups excluding carboxylic acids is 3. The fourth-order valence-corrected chi connectivity index (χ4v) is 12.4. The lowest BCUT2D eigenvalue weighted by Gasteiger charge is -2.42. The van der Waals surface area contributed by atoms with E-state index in [1.807, 2.05) is 0 Å². The van der Waals surface area contributed by atoms with E-state index in [0.717, 1.165) is 61.2 Å². The minimum atomic E-state index is -0.571. The van der Waals surface area contributed by atoms with Gasteiger partial charge in [0.1, 0.15) is 5.60 Å². The van der Waals surface area contributed by atoms with Gasteiger partial charge < -0.3 is 14.2 Å². The van der Waals surface area contributed by atoms with Gasteiger partial charge in [-0.3, -0.25) is 0 Å². The molecule has 0 spiro atoms. The van der Waals surface area contributed by atoms with Gasteiger partial charge in [-0.1, -0.05) is 39.8 Å². The third kappa shape index (κ3) is 6.28. The summed E-state index contributed by atoms with van der Waals surface area (Å²) in [6, 6.07) is 6.93. The molecule has 4 bridgehead atoms. The minimum Gasteiger partial charge on any atom is -0.462 e. The second-order valence-electron chi connectivity index (χ2n) is 17.3. The molecule has 0 amide bonds. The molecule has 0 aliphatic heterocycles. The number of fused-ring (bicyclic) bond motifs is 10. The second kappa shape index (κ2) is 13.6. The molecule has 0 radical (unpaired) electrons. The molecular weight excluding hydrogens is 600 g/mol. The van der Waals surface area contributed by atoms with Crippen molar-refractivity contribution in [1.82, 2.24) is 0 Å². The molecule has 6 saturated carbocycles. The highest BCUT2D eigenvalue weighted by Gasteiger charge is 2.60. The van der Waals surface area contributed by atoms with Crippen molar-refractivity contribution in [2.75, 3.05) is 13.2 Å². The molecule has 0 saturated heterocycles. The van der Waals surface area contributed by atoms with Crippen molar-refractivity contribution in [1.29, 1.82) is 0 Å². The number of carbonyl (C=O) groups is 3. The van der Waals surface area contributed by atoms with Crippen molar-refractivity contribution >= 4 is 17.9 Å². The Bertz CT molecular complexity index is 1390. The van der Waals surface area contributed by atoms with Crippen LogP contribution in [0.25, 0.3) is 0 Å². The van der Waals surface area contributed by atoms with E-state index in [0.29, 0.717) is 65.8 Å². The smallest absolute Gasteiger partial charge is 0.338 e. The maximum Gasteiger partial charge on any atom is 0.338 e. The lowest BCUT2D eigenvalue weighted by molar-refractivity contribution is -0.139. The van der Waals surface area contributed by atoms with Gasteiger partial charge in [-0.2, -0.15) is 0 Å². The standard InChI is InChI=1S/C42H58O6/c1-6-24(4)12-29-18-30-19-34(29)35-15-26(14-32(30)35)23-47-40(44)27-10-9-11-28(17-27)41(45)48-42(5,8-3)38-21-31-20-37(38)36-16-25(13-33(31)36)22-46-39(43)7-2/h7,9-11,17,24-26,29-38H,2,6,8,12-16,18-23H2,1,3-5H3. The summed E-state index contributed by atoms with van der Waals surface area (Å²) in [6.45, 7) is 13.4. The first-order valence-corrected chi connectivity index (χ1v) is 19.4. The van der Waals surface area contributed by atoms with Gasteiger partial charge >= 0.3 is 17.9 Å². The van der Waals surface area contributed by atoms with Gasteiger partial charge in [0, 0.05) is 12.0 Å². The predicted molar refractivity (Wildman–Crippen MR) is 185 cm³/mol. The number of hydrogen-bond acceptors (Lipinski definition) is 6. The van der Waals surface area contributed by atoms with Crippen LogP contribution >= 0.6 is 0 Å². The van der Waals surface area contributed by atoms with E-state index in [9.17, 15) is 14.4 Å². The van der Waals surface area contributed by atoms with Crippen LogP contribution in [0, 0.1) is 76.9 Å². The second-order valence-corrected chi connectivity index (χ2v) is 17.3. The van der Waals surface area contributed by atoms with Crippen LogP contribution in [0.5, 0.6) is 0 Å². The Morgan fingerprint density at radius 2 is 1.42 bits per heavy atom. The van der Waals surface area contributed by atoms with Gasteiger partial charge in [-0.25, -0.2) is 14.4 Å². The van der Waals surface area contributed by atoms with E-state index in [2.05, 4.69) is 34.3 Å². The van der Waals surface area contributed by atoms with E-state index in [1.165, 1.54) is 51.0 Å². The highest BCUT2D eigenvalue weighted by atomic mass is 16.6. The largest absolute Gasteiger partial charge is 0.462 e. The summed E-state index contributed by atoms with van der Waals surface area (Å²) in [6.07, 6.45) is 14.4. The molecular formula is C42H58O6. The molecule has 6 heteroatoms. The summed E-state index contributed by atoms with van der Waals surface area (Å²) >= 11 is 0. The Morgan fingerprint density at radius 3 is 2.08 bits per heavy atom. The van der Waals surface area contributed by atoms with Crippen LogP contribution in [-0.4, -0.2) is 36.7 Å². The Labute approximate surface area is 288 Å². The summed E-state index contributed by atoms with van der Waals surface area (Å²) in [5.74, 6) is 7.73. The normalized spacial score (nSPS) is 39.0. The minimum absolute atomic E-state index is 0.312. The Balaban J connectivity index is 0.923. The highest BCUT2D eigenvalue weighted by molar-refractivity contribution is 5.95. The number of ether oxygens (including phenoxy) is 3. The van der Waals surface area contributed by atoms with Gasteiger partial charge in [0.05, 0.1) is 24.3 Å². The van der Waals surface area contributed by atoms with Crippen molar-refractivity contribution < 1.29 is 28.6 Å². The number of esters is 3. The van der Waals surface area contributed by atoms with Gasteiger partial charge in [0.15, 0.2) is 0 Å². The first kappa shape index (κ1) is 33.8. The summed E-state index contributed by atoms with van der Waals surface area (Å²) in [5.41, 5.74) is 0.264. The number of hydrogen-bond donors (Lipinski definition) is 0.